The summed E-state index contributed by atoms with van der Waals surface area (Å²) in [5, 5.41) is 0. The zero-order chi connectivity index (χ0) is 14.5. The average Bonchev–Trinajstić information content (AvgIpc) is 2.82. The van der Waals surface area contributed by atoms with Crippen LogP contribution < -0.4 is 0 Å². The van der Waals surface area contributed by atoms with Crippen LogP contribution in [-0.2, 0) is 25.7 Å². The predicted molar refractivity (Wildman–Crippen MR) is 77.3 cm³/mol. The third-order valence-electron chi connectivity index (χ3n) is 2.72. The molecule has 1 aromatic rings. The molecule has 1 aromatic carbocycles. The van der Waals surface area contributed by atoms with E-state index < -0.39 is 10.1 Å². The van der Waals surface area contributed by atoms with E-state index in [1.54, 1.807) is 12.1 Å². The van der Waals surface area contributed by atoms with Gasteiger partial charge >= 0.3 is 0 Å². The normalized spacial score (nSPS) is 19.1. The standard InChI is InChI=1S/C7H8O3S.C6H13OS/c1-6-2-4-7(5-3-6)11(8,9)10;1-8(2)6-4-3-5-7-6/h2-5H,1H3,(H,8,9,10);6H,3-5H2,1-2H3/q;+1/p-1. The highest BCUT2D eigenvalue weighted by Crippen LogP contribution is 2.16. The van der Waals surface area contributed by atoms with Gasteiger partial charge in [-0.15, -0.1) is 0 Å². The lowest BCUT2D eigenvalue weighted by atomic mass is 10.2. The molecule has 0 N–H and O–H groups in total. The molecule has 6 heteroatoms. The Bertz CT molecular complexity index is 474. The minimum atomic E-state index is -4.27. The van der Waals surface area contributed by atoms with E-state index in [0.29, 0.717) is 16.3 Å². The quantitative estimate of drug-likeness (QED) is 0.618. The summed E-state index contributed by atoms with van der Waals surface area (Å²) in [6.07, 6.45) is 7.05. The molecule has 1 heterocycles. The molecule has 0 aliphatic carbocycles. The molecule has 1 fully saturated rings. The fourth-order valence-corrected chi connectivity index (χ4v) is 3.10. The molecule has 2 rings (SSSR count). The molecule has 0 amide bonds. The molecule has 4 nitrogen and oxygen atoms in total. The van der Waals surface area contributed by atoms with E-state index in [4.69, 9.17) is 4.74 Å². The van der Waals surface area contributed by atoms with Gasteiger partial charge in [0.15, 0.2) is 0 Å². The largest absolute Gasteiger partial charge is 0.744 e. The van der Waals surface area contributed by atoms with Crippen LogP contribution in [0.25, 0.3) is 0 Å². The van der Waals surface area contributed by atoms with Gasteiger partial charge in [0, 0.05) is 17.3 Å². The van der Waals surface area contributed by atoms with E-state index in [1.807, 2.05) is 6.92 Å². The van der Waals surface area contributed by atoms with Crippen molar-refractivity contribution in [3.63, 3.8) is 0 Å². The summed E-state index contributed by atoms with van der Waals surface area (Å²) >= 11 is 0. The van der Waals surface area contributed by atoms with Crippen molar-refractivity contribution in [3.05, 3.63) is 29.8 Å². The van der Waals surface area contributed by atoms with Crippen LogP contribution in [0, 0.1) is 6.92 Å². The topological polar surface area (TPSA) is 66.4 Å². The van der Waals surface area contributed by atoms with E-state index >= 15 is 0 Å². The number of aryl methyl sites for hydroxylation is 1. The first kappa shape index (κ1) is 16.5. The maximum Gasteiger partial charge on any atom is 0.217 e. The predicted octanol–water partition coefficient (Wildman–Crippen LogP) is 1.90. The highest BCUT2D eigenvalue weighted by atomic mass is 32.2. The van der Waals surface area contributed by atoms with Crippen LogP contribution in [0.3, 0.4) is 0 Å². The molecule has 0 bridgehead atoms. The first-order valence-electron chi connectivity index (χ1n) is 6.01. The van der Waals surface area contributed by atoms with E-state index in [0.717, 1.165) is 12.2 Å². The van der Waals surface area contributed by atoms with Crippen LogP contribution in [0.15, 0.2) is 29.2 Å². The van der Waals surface area contributed by atoms with Gasteiger partial charge in [-0.05, 0) is 25.5 Å². The van der Waals surface area contributed by atoms with Crippen molar-refractivity contribution < 1.29 is 17.7 Å². The van der Waals surface area contributed by atoms with Crippen LogP contribution in [0.2, 0.25) is 0 Å². The van der Waals surface area contributed by atoms with Crippen molar-refractivity contribution in [2.24, 2.45) is 0 Å². The second kappa shape index (κ2) is 7.28. The van der Waals surface area contributed by atoms with Crippen LogP contribution in [0.4, 0.5) is 0 Å². The molecule has 1 saturated heterocycles. The Kier molecular flexibility index (Phi) is 6.32. The Morgan fingerprint density at radius 1 is 1.26 bits per heavy atom. The Morgan fingerprint density at radius 3 is 2.16 bits per heavy atom. The van der Waals surface area contributed by atoms with Crippen molar-refractivity contribution in [1.29, 1.82) is 0 Å². The number of benzene rings is 1. The monoisotopic (exact) mass is 304 g/mol. The van der Waals surface area contributed by atoms with Crippen molar-refractivity contribution in [2.45, 2.75) is 30.1 Å². The van der Waals surface area contributed by atoms with E-state index in [9.17, 15) is 13.0 Å². The minimum Gasteiger partial charge on any atom is -0.744 e. The van der Waals surface area contributed by atoms with Gasteiger partial charge in [-0.2, -0.15) is 0 Å². The van der Waals surface area contributed by atoms with Crippen LogP contribution in [0.5, 0.6) is 0 Å². The molecule has 0 aromatic heterocycles. The molecule has 0 radical (unpaired) electrons. The maximum absolute atomic E-state index is 10.4. The fraction of sp³-hybridized carbons (Fsp3) is 0.538. The highest BCUT2D eigenvalue weighted by molar-refractivity contribution is 7.95. The van der Waals surface area contributed by atoms with Crippen molar-refractivity contribution in [1.82, 2.24) is 0 Å². The Balaban J connectivity index is 0.000000200. The van der Waals surface area contributed by atoms with Gasteiger partial charge in [0.05, 0.1) is 24.0 Å². The Morgan fingerprint density at radius 2 is 1.84 bits per heavy atom. The van der Waals surface area contributed by atoms with Crippen molar-refractivity contribution in [3.8, 4) is 0 Å². The van der Waals surface area contributed by atoms with Gasteiger partial charge in [0.2, 0.25) is 5.44 Å². The SMILES string of the molecule is C[S+](C)C1CCCO1.Cc1ccc(S(=O)(=O)[O-])cc1. The molecule has 1 aliphatic heterocycles. The van der Waals surface area contributed by atoms with E-state index in [-0.39, 0.29) is 4.90 Å². The van der Waals surface area contributed by atoms with Crippen molar-refractivity contribution >= 4 is 21.0 Å². The molecule has 1 aliphatic rings. The first-order valence-corrected chi connectivity index (χ1v) is 9.52. The first-order chi connectivity index (χ1) is 8.80. The fourth-order valence-electron chi connectivity index (χ4n) is 1.62. The summed E-state index contributed by atoms with van der Waals surface area (Å²) in [6, 6.07) is 5.78. The molecule has 0 saturated carbocycles. The summed E-state index contributed by atoms with van der Waals surface area (Å²) in [5.74, 6) is 0. The zero-order valence-electron chi connectivity index (χ0n) is 11.5. The lowest BCUT2D eigenvalue weighted by Gasteiger charge is -2.05. The van der Waals surface area contributed by atoms with Gasteiger partial charge in [0.25, 0.3) is 0 Å². The summed E-state index contributed by atoms with van der Waals surface area (Å²) in [5.41, 5.74) is 1.52. The molecule has 1 unspecified atom stereocenters. The zero-order valence-corrected chi connectivity index (χ0v) is 13.1. The second-order valence-electron chi connectivity index (χ2n) is 4.59. The Labute approximate surface area is 118 Å². The van der Waals surface area contributed by atoms with Crippen LogP contribution in [0.1, 0.15) is 18.4 Å². The number of hydrogen-bond acceptors (Lipinski definition) is 4. The molecule has 0 spiro atoms. The molecule has 108 valence electrons. The lowest BCUT2D eigenvalue weighted by Crippen LogP contribution is -2.16. The molecular weight excluding hydrogens is 284 g/mol. The lowest BCUT2D eigenvalue weighted by molar-refractivity contribution is 0.172. The van der Waals surface area contributed by atoms with Gasteiger partial charge in [0.1, 0.15) is 10.1 Å². The number of ether oxygens (including phenoxy) is 1. The summed E-state index contributed by atoms with van der Waals surface area (Å²) in [7, 11) is -3.78. The number of rotatable bonds is 2. The van der Waals surface area contributed by atoms with E-state index in [2.05, 4.69) is 12.5 Å². The van der Waals surface area contributed by atoms with Crippen molar-refractivity contribution in [2.75, 3.05) is 19.1 Å². The molecular formula is C13H20O4S2. The maximum atomic E-state index is 10.4. The summed E-state index contributed by atoms with van der Waals surface area (Å²) in [6.45, 7) is 2.82. The van der Waals surface area contributed by atoms with Gasteiger partial charge in [-0.1, -0.05) is 17.7 Å². The minimum absolute atomic E-state index is 0.178. The highest BCUT2D eigenvalue weighted by Gasteiger charge is 2.25. The Hall–Kier alpha value is -0.560. The number of hydrogen-bond donors (Lipinski definition) is 0. The van der Waals surface area contributed by atoms with Gasteiger partial charge < -0.3 is 9.29 Å². The third-order valence-corrected chi connectivity index (χ3v) is 5.00. The van der Waals surface area contributed by atoms with Gasteiger partial charge in [-0.25, -0.2) is 8.42 Å². The average molecular weight is 304 g/mol. The van der Waals surface area contributed by atoms with E-state index in [1.165, 1.54) is 25.0 Å². The second-order valence-corrected chi connectivity index (χ2v) is 8.25. The summed E-state index contributed by atoms with van der Waals surface area (Å²) < 4.78 is 36.6. The molecule has 1 atom stereocenters. The van der Waals surface area contributed by atoms with Crippen LogP contribution >= 0.6 is 0 Å². The smallest absolute Gasteiger partial charge is 0.217 e. The van der Waals surface area contributed by atoms with Crippen LogP contribution in [-0.4, -0.2) is 37.5 Å². The third kappa shape index (κ3) is 5.95. The summed E-state index contributed by atoms with van der Waals surface area (Å²) in [4.78, 5) is -0.178. The van der Waals surface area contributed by atoms with Gasteiger partial charge in [-0.3, -0.25) is 0 Å². The molecule has 19 heavy (non-hydrogen) atoms.